The minimum atomic E-state index is -0.0180. The average molecular weight is 195 g/mol. The fraction of sp³-hybridized carbons (Fsp3) is 0.455. The van der Waals surface area contributed by atoms with Gasteiger partial charge in [0.05, 0.1) is 7.11 Å². The second-order valence-corrected chi connectivity index (χ2v) is 3.32. The van der Waals surface area contributed by atoms with E-state index in [9.17, 15) is 5.11 Å². The zero-order valence-corrected chi connectivity index (χ0v) is 8.66. The predicted molar refractivity (Wildman–Crippen MR) is 56.5 cm³/mol. The van der Waals surface area contributed by atoms with Crippen LogP contribution in [-0.2, 0) is 0 Å². The molecule has 0 aromatic heterocycles. The third-order valence-corrected chi connectivity index (χ3v) is 2.22. The van der Waals surface area contributed by atoms with Gasteiger partial charge in [-0.1, -0.05) is 19.4 Å². The largest absolute Gasteiger partial charge is 0.508 e. The first-order valence-electron chi connectivity index (χ1n) is 4.81. The highest BCUT2D eigenvalue weighted by atomic mass is 16.5. The van der Waals surface area contributed by atoms with Crippen LogP contribution >= 0.6 is 0 Å². The Morgan fingerprint density at radius 2 is 2.21 bits per heavy atom. The van der Waals surface area contributed by atoms with Crippen LogP contribution in [0.5, 0.6) is 11.5 Å². The van der Waals surface area contributed by atoms with Crippen molar-refractivity contribution in [1.29, 1.82) is 0 Å². The zero-order chi connectivity index (χ0) is 10.6. The summed E-state index contributed by atoms with van der Waals surface area (Å²) in [6.45, 7) is 2.09. The third kappa shape index (κ3) is 2.39. The summed E-state index contributed by atoms with van der Waals surface area (Å²) in [5.74, 6) is 0.861. The van der Waals surface area contributed by atoms with Gasteiger partial charge in [-0.2, -0.15) is 0 Å². The number of methoxy groups -OCH3 is 1. The molecule has 1 rings (SSSR count). The fourth-order valence-electron chi connectivity index (χ4n) is 1.47. The number of hydrogen-bond donors (Lipinski definition) is 2. The molecule has 3 N–H and O–H groups in total. The van der Waals surface area contributed by atoms with Gasteiger partial charge in [-0.25, -0.2) is 0 Å². The maximum absolute atomic E-state index is 9.26. The summed E-state index contributed by atoms with van der Waals surface area (Å²) in [4.78, 5) is 0. The molecule has 78 valence electrons. The van der Waals surface area contributed by atoms with Gasteiger partial charge in [0.2, 0.25) is 0 Å². The van der Waals surface area contributed by atoms with Crippen molar-refractivity contribution in [1.82, 2.24) is 0 Å². The van der Waals surface area contributed by atoms with E-state index in [2.05, 4.69) is 6.92 Å². The summed E-state index contributed by atoms with van der Waals surface area (Å²) < 4.78 is 5.15. The number of nitrogens with two attached hydrogens (primary N) is 1. The lowest BCUT2D eigenvalue weighted by atomic mass is 10.0. The van der Waals surface area contributed by atoms with Crippen LogP contribution < -0.4 is 10.5 Å². The highest BCUT2D eigenvalue weighted by molar-refractivity contribution is 5.41. The minimum absolute atomic E-state index is 0.0180. The van der Waals surface area contributed by atoms with Gasteiger partial charge < -0.3 is 15.6 Å². The van der Waals surface area contributed by atoms with Crippen molar-refractivity contribution in [3.8, 4) is 11.5 Å². The van der Waals surface area contributed by atoms with E-state index >= 15 is 0 Å². The second-order valence-electron chi connectivity index (χ2n) is 3.32. The number of hydrogen-bond acceptors (Lipinski definition) is 3. The first-order chi connectivity index (χ1) is 6.69. The van der Waals surface area contributed by atoms with Gasteiger partial charge >= 0.3 is 0 Å². The van der Waals surface area contributed by atoms with Gasteiger partial charge in [-0.05, 0) is 12.5 Å². The fourth-order valence-corrected chi connectivity index (χ4v) is 1.47. The van der Waals surface area contributed by atoms with Crippen molar-refractivity contribution in [2.45, 2.75) is 25.8 Å². The Bertz CT molecular complexity index is 299. The molecule has 3 heteroatoms. The second kappa shape index (κ2) is 4.86. The summed E-state index contributed by atoms with van der Waals surface area (Å²) in [6.07, 6.45) is 1.95. The quantitative estimate of drug-likeness (QED) is 0.774. The molecular formula is C11H17NO2. The molecule has 3 nitrogen and oxygen atoms in total. The summed E-state index contributed by atoms with van der Waals surface area (Å²) in [5.41, 5.74) is 6.92. The Labute approximate surface area is 84.5 Å². The molecule has 0 saturated heterocycles. The van der Waals surface area contributed by atoms with Crippen LogP contribution in [-0.4, -0.2) is 12.2 Å². The number of ether oxygens (including phenoxy) is 1. The molecule has 0 unspecified atom stereocenters. The molecule has 1 atom stereocenters. The molecule has 0 aliphatic heterocycles. The lowest BCUT2D eigenvalue weighted by molar-refractivity contribution is 0.397. The van der Waals surface area contributed by atoms with E-state index in [0.717, 1.165) is 18.4 Å². The van der Waals surface area contributed by atoms with Crippen molar-refractivity contribution < 1.29 is 9.84 Å². The van der Waals surface area contributed by atoms with Crippen LogP contribution in [0, 0.1) is 0 Å². The first kappa shape index (κ1) is 10.9. The van der Waals surface area contributed by atoms with Crippen LogP contribution in [0.1, 0.15) is 31.4 Å². The van der Waals surface area contributed by atoms with Gasteiger partial charge in [-0.3, -0.25) is 0 Å². The molecule has 0 fully saturated rings. The molecule has 1 aromatic carbocycles. The van der Waals surface area contributed by atoms with Crippen molar-refractivity contribution in [2.75, 3.05) is 7.11 Å². The number of phenolic OH excluding ortho intramolecular Hbond substituents is 1. The molecule has 0 radical (unpaired) electrons. The summed E-state index contributed by atoms with van der Waals surface area (Å²) in [6, 6.07) is 5.02. The van der Waals surface area contributed by atoms with Crippen molar-refractivity contribution in [3.05, 3.63) is 23.8 Å². The summed E-state index contributed by atoms with van der Waals surface area (Å²) >= 11 is 0. The van der Waals surface area contributed by atoms with E-state index in [1.165, 1.54) is 0 Å². The number of benzene rings is 1. The lowest BCUT2D eigenvalue weighted by Crippen LogP contribution is -2.10. The van der Waals surface area contributed by atoms with Crippen LogP contribution in [0.4, 0.5) is 0 Å². The van der Waals surface area contributed by atoms with E-state index in [0.29, 0.717) is 5.75 Å². The Balaban J connectivity index is 2.95. The van der Waals surface area contributed by atoms with Gasteiger partial charge in [0.15, 0.2) is 0 Å². The first-order valence-corrected chi connectivity index (χ1v) is 4.81. The van der Waals surface area contributed by atoms with E-state index in [1.807, 2.05) is 6.07 Å². The molecule has 0 bridgehead atoms. The van der Waals surface area contributed by atoms with Crippen LogP contribution in [0.2, 0.25) is 0 Å². The normalized spacial score (nSPS) is 12.5. The number of aromatic hydroxyl groups is 1. The van der Waals surface area contributed by atoms with Crippen molar-refractivity contribution in [2.24, 2.45) is 5.73 Å². The van der Waals surface area contributed by atoms with Crippen molar-refractivity contribution >= 4 is 0 Å². The van der Waals surface area contributed by atoms with E-state index in [-0.39, 0.29) is 11.8 Å². The standard InChI is InChI=1S/C11H17NO2/c1-3-4-10(12)9-6-5-8(13)7-11(9)14-2/h5-7,10,13H,3-4,12H2,1-2H3/t10-/m0/s1. The van der Waals surface area contributed by atoms with E-state index < -0.39 is 0 Å². The van der Waals surface area contributed by atoms with Gasteiger partial charge in [0.25, 0.3) is 0 Å². The Hall–Kier alpha value is -1.22. The van der Waals surface area contributed by atoms with Crippen LogP contribution in [0.3, 0.4) is 0 Å². The van der Waals surface area contributed by atoms with Crippen LogP contribution in [0.15, 0.2) is 18.2 Å². The molecule has 0 amide bonds. The Morgan fingerprint density at radius 3 is 2.79 bits per heavy atom. The van der Waals surface area contributed by atoms with Gasteiger partial charge in [0.1, 0.15) is 11.5 Å². The summed E-state index contributed by atoms with van der Waals surface area (Å²) in [7, 11) is 1.58. The molecule has 14 heavy (non-hydrogen) atoms. The third-order valence-electron chi connectivity index (χ3n) is 2.22. The van der Waals surface area contributed by atoms with E-state index in [4.69, 9.17) is 10.5 Å². The zero-order valence-electron chi connectivity index (χ0n) is 8.66. The smallest absolute Gasteiger partial charge is 0.127 e. The Kier molecular flexibility index (Phi) is 3.77. The molecule has 0 spiro atoms. The molecule has 1 aromatic rings. The monoisotopic (exact) mass is 195 g/mol. The summed E-state index contributed by atoms with van der Waals surface area (Å²) in [5, 5.41) is 9.26. The van der Waals surface area contributed by atoms with Crippen molar-refractivity contribution in [3.63, 3.8) is 0 Å². The van der Waals surface area contributed by atoms with E-state index in [1.54, 1.807) is 19.2 Å². The Morgan fingerprint density at radius 1 is 1.50 bits per heavy atom. The predicted octanol–water partition coefficient (Wildman–Crippen LogP) is 2.20. The maximum Gasteiger partial charge on any atom is 0.127 e. The highest BCUT2D eigenvalue weighted by Gasteiger charge is 2.11. The SMILES string of the molecule is CCC[C@H](N)c1ccc(O)cc1OC. The molecule has 0 saturated carbocycles. The molecule has 0 aliphatic rings. The minimum Gasteiger partial charge on any atom is -0.508 e. The average Bonchev–Trinajstić information content (AvgIpc) is 2.17. The van der Waals surface area contributed by atoms with Crippen LogP contribution in [0.25, 0.3) is 0 Å². The topological polar surface area (TPSA) is 55.5 Å². The lowest BCUT2D eigenvalue weighted by Gasteiger charge is -2.14. The van der Waals surface area contributed by atoms with Gasteiger partial charge in [0, 0.05) is 17.7 Å². The highest BCUT2D eigenvalue weighted by Crippen LogP contribution is 2.29. The maximum atomic E-state index is 9.26. The molecular weight excluding hydrogens is 178 g/mol. The molecule has 0 aliphatic carbocycles. The number of phenols is 1. The number of rotatable bonds is 4. The van der Waals surface area contributed by atoms with Gasteiger partial charge in [-0.15, -0.1) is 0 Å². The molecule has 0 heterocycles.